The van der Waals surface area contributed by atoms with Crippen molar-refractivity contribution in [3.05, 3.63) is 312 Å². The Bertz CT molecular complexity index is 7360. The fraction of sp³-hybridized carbons (Fsp3) is 0.236. The molecule has 584 valence electrons. The first-order chi connectivity index (χ1) is 57.4. The van der Waals surface area contributed by atoms with E-state index in [1.165, 1.54) is 234 Å². The maximum atomic E-state index is 6.55. The third kappa shape index (κ3) is 13.1. The lowest BCUT2D eigenvalue weighted by molar-refractivity contribution is -0.660. The summed E-state index contributed by atoms with van der Waals surface area (Å²) >= 11 is 0. The minimum absolute atomic E-state index is 0.0841. The third-order valence-electron chi connectivity index (χ3n) is 26.3. The summed E-state index contributed by atoms with van der Waals surface area (Å²) in [6.45, 7) is 20.2. The summed E-state index contributed by atoms with van der Waals surface area (Å²) < 4.78 is 35.0. The summed E-state index contributed by atoms with van der Waals surface area (Å²) in [6, 6.07) is 87.0. The molecule has 0 amide bonds. The zero-order valence-corrected chi connectivity index (χ0v) is 70.4. The lowest BCUT2D eigenvalue weighted by Gasteiger charge is -2.22. The van der Waals surface area contributed by atoms with Gasteiger partial charge in [-0.25, -0.2) is 18.3 Å². The van der Waals surface area contributed by atoms with E-state index in [0.29, 0.717) is 17.8 Å². The van der Waals surface area contributed by atoms with Crippen LogP contribution in [0, 0.1) is 27.7 Å². The summed E-state index contributed by atoms with van der Waals surface area (Å²) in [5.74, 6) is 1.85. The number of aryl methyl sites for hydroxylation is 8. The molecule has 12 aromatic carbocycles. The lowest BCUT2D eigenvalue weighted by Crippen LogP contribution is -2.32. The highest BCUT2D eigenvalue weighted by Gasteiger charge is 2.32. The molecule has 2 aliphatic carbocycles. The van der Waals surface area contributed by atoms with Crippen LogP contribution < -0.4 is 18.3 Å². The predicted molar refractivity (Wildman–Crippen MR) is 490 cm³/mol. The molecule has 22 rings (SSSR count). The summed E-state index contributed by atoms with van der Waals surface area (Å²) in [5, 5.41) is 19.8. The van der Waals surface area contributed by atoms with Crippen LogP contribution in [0.25, 0.3) is 176 Å². The van der Waals surface area contributed by atoms with Gasteiger partial charge >= 0.3 is 0 Å². The normalized spacial score (nSPS) is 13.7. The fourth-order valence-corrected chi connectivity index (χ4v) is 19.9. The van der Waals surface area contributed by atoms with Crippen LogP contribution in [0.3, 0.4) is 0 Å². The SMILES string of the molecule is Cc1c(-c2cc(C(C)(C)C)cc[n+]2C)c2oc3ccccc3c2c2ccccc12.Cc1c(-c2cc(C(C)C)cc[n+]2C)c2oc3ccccc3c2c2ccccc12.Cc1c(-c2cc(C3CCCC3)cc[n+]2C)c2oc3ccccc3c2c2ccccc12.Cc1c(-c2cc(C3CCCCC3)cc[n+]2C)c2oc3ccccc3c2c2ccccc12. The first-order valence-corrected chi connectivity index (χ1v) is 42.7. The molecule has 0 unspecified atom stereocenters. The van der Waals surface area contributed by atoms with Gasteiger partial charge in [-0.2, -0.15) is 0 Å². The van der Waals surface area contributed by atoms with E-state index < -0.39 is 0 Å². The van der Waals surface area contributed by atoms with Crippen LogP contribution in [0.2, 0.25) is 0 Å². The number of hydrogen-bond acceptors (Lipinski definition) is 4. The number of hydrogen-bond donors (Lipinski definition) is 0. The highest BCUT2D eigenvalue weighted by Crippen LogP contribution is 2.49. The van der Waals surface area contributed by atoms with Gasteiger partial charge in [0.25, 0.3) is 0 Å². The van der Waals surface area contributed by atoms with E-state index in [2.05, 4.69) is 364 Å². The predicted octanol–water partition coefficient (Wildman–Crippen LogP) is 28.3. The summed E-state index contributed by atoms with van der Waals surface area (Å²) in [5.41, 5.74) is 28.2. The average molecular weight is 1550 g/mol. The number of aromatic nitrogens is 4. The number of fused-ring (bicyclic) bond motifs is 20. The fourth-order valence-electron chi connectivity index (χ4n) is 19.9. The second-order valence-electron chi connectivity index (χ2n) is 34.9. The van der Waals surface area contributed by atoms with Gasteiger partial charge in [-0.1, -0.05) is 237 Å². The molecule has 0 saturated heterocycles. The minimum atomic E-state index is 0.0841. The highest BCUT2D eigenvalue weighted by atomic mass is 16.3. The molecule has 8 heteroatoms. The van der Waals surface area contributed by atoms with Gasteiger partial charge in [0.05, 0.1) is 22.3 Å². The van der Waals surface area contributed by atoms with Crippen LogP contribution >= 0.6 is 0 Å². The Hall–Kier alpha value is -12.5. The smallest absolute Gasteiger partial charge is 0.216 e. The molecule has 8 heterocycles. The summed E-state index contributed by atoms with van der Waals surface area (Å²) in [6.07, 6.45) is 20.8. The van der Waals surface area contributed by atoms with E-state index in [4.69, 9.17) is 17.7 Å². The van der Waals surface area contributed by atoms with Crippen LogP contribution in [0.5, 0.6) is 0 Å². The van der Waals surface area contributed by atoms with E-state index in [9.17, 15) is 0 Å². The molecule has 0 aliphatic heterocycles. The van der Waals surface area contributed by atoms with Gasteiger partial charge < -0.3 is 17.7 Å². The van der Waals surface area contributed by atoms with E-state index in [1.54, 1.807) is 0 Å². The standard InChI is InChI=1S/C29H28NO.C28H26NO.C27H26NO.C26H24NO/c1-19-22-12-6-7-13-23(22)28-24-14-8-9-15-26(24)31-29(28)27(19)25-18-21(16-17-30(25)2)20-10-4-3-5-11-20;1-18-21-11-5-6-12-22(21)27-23-13-7-8-14-25(23)30-28(27)26(18)24-17-20(15-16-29(24)2)19-9-3-4-10-19;1-17-19-10-6-7-11-20(19)25-21-12-8-9-13-23(21)29-26(25)24(17)22-16-18(27(2,3)4)14-15-28(22)5;1-16(2)18-13-14-27(4)22(15-18)24-17(3)19-9-5-6-10-20(19)25-21-11-7-8-12-23(21)28-26(24)25/h6-9,12-18,20H,3-5,10-11H2,1-2H3;5-8,11-17,19H,3-4,9-10H2,1-2H3;6-16H,1-5H3;5-16H,1-4H3/q4*+1. The van der Waals surface area contributed by atoms with Gasteiger partial charge in [0.15, 0.2) is 24.8 Å². The molecule has 2 aliphatic rings. The Morgan fingerprint density at radius 1 is 0.288 bits per heavy atom. The molecule has 20 aromatic rings. The monoisotopic (exact) mass is 1540 g/mol. The van der Waals surface area contributed by atoms with Crippen LogP contribution in [0.15, 0.2) is 285 Å². The van der Waals surface area contributed by atoms with Crippen LogP contribution in [-0.4, -0.2) is 0 Å². The zero-order valence-electron chi connectivity index (χ0n) is 70.4. The van der Waals surface area contributed by atoms with Gasteiger partial charge in [-0.15, -0.1) is 0 Å². The number of benzene rings is 12. The topological polar surface area (TPSA) is 68.1 Å². The first-order valence-electron chi connectivity index (χ1n) is 42.7. The van der Waals surface area contributed by atoms with E-state index >= 15 is 0 Å². The maximum absolute atomic E-state index is 6.55. The van der Waals surface area contributed by atoms with Gasteiger partial charge in [-0.3, -0.25) is 0 Å². The maximum Gasteiger partial charge on any atom is 0.216 e. The Labute approximate surface area is 690 Å². The molecular weight excluding hydrogens is 1440 g/mol. The first kappa shape index (κ1) is 75.5. The van der Waals surface area contributed by atoms with Crippen LogP contribution in [0.4, 0.5) is 0 Å². The van der Waals surface area contributed by atoms with E-state index in [1.807, 2.05) is 12.1 Å². The van der Waals surface area contributed by atoms with Crippen molar-refractivity contribution in [2.75, 3.05) is 0 Å². The van der Waals surface area contributed by atoms with E-state index in [0.717, 1.165) is 44.7 Å². The van der Waals surface area contributed by atoms with Gasteiger partial charge in [0.1, 0.15) is 72.9 Å². The zero-order chi connectivity index (χ0) is 80.9. The number of rotatable bonds is 7. The molecule has 0 spiro atoms. The van der Waals surface area contributed by atoms with E-state index in [-0.39, 0.29) is 5.41 Å². The van der Waals surface area contributed by atoms with Gasteiger partial charge in [-0.05, 0) is 188 Å². The van der Waals surface area contributed by atoms with Crippen LogP contribution in [-0.2, 0) is 33.6 Å². The van der Waals surface area contributed by atoms with Crippen molar-refractivity contribution in [2.24, 2.45) is 28.2 Å². The molecule has 0 bridgehead atoms. The Morgan fingerprint density at radius 2 is 0.542 bits per heavy atom. The van der Waals surface area contributed by atoms with Crippen molar-refractivity contribution in [2.45, 2.75) is 143 Å². The van der Waals surface area contributed by atoms with Crippen molar-refractivity contribution in [3.8, 4) is 45.0 Å². The highest BCUT2D eigenvalue weighted by molar-refractivity contribution is 6.27. The molecule has 2 fully saturated rings. The molecule has 8 nitrogen and oxygen atoms in total. The van der Waals surface area contributed by atoms with Crippen molar-refractivity contribution in [3.63, 3.8) is 0 Å². The summed E-state index contributed by atoms with van der Waals surface area (Å²) in [7, 11) is 8.54. The van der Waals surface area contributed by atoms with Crippen molar-refractivity contribution in [1.29, 1.82) is 0 Å². The number of pyridine rings is 4. The second-order valence-corrected chi connectivity index (χ2v) is 34.9. The largest absolute Gasteiger partial charge is 0.455 e. The molecule has 0 N–H and O–H groups in total. The molecule has 0 atom stereocenters. The average Bonchev–Trinajstić information content (AvgIpc) is 1.54. The lowest BCUT2D eigenvalue weighted by atomic mass is 9.83. The van der Waals surface area contributed by atoms with Crippen molar-refractivity contribution < 1.29 is 35.9 Å². The molecular formula is C110H104N4O4+4. The molecule has 118 heavy (non-hydrogen) atoms. The molecule has 0 radical (unpaired) electrons. The molecule has 2 saturated carbocycles. The van der Waals surface area contributed by atoms with Gasteiger partial charge in [0, 0.05) is 91.6 Å². The number of para-hydroxylation sites is 4. The number of nitrogens with zero attached hydrogens (tertiary/aromatic N) is 4. The van der Waals surface area contributed by atoms with Crippen LogP contribution in [0.1, 0.15) is 155 Å². The second kappa shape index (κ2) is 30.5. The van der Waals surface area contributed by atoms with Gasteiger partial charge in [0.2, 0.25) is 22.8 Å². The Balaban J connectivity index is 0.000000105. The summed E-state index contributed by atoms with van der Waals surface area (Å²) in [4.78, 5) is 0. The minimum Gasteiger partial charge on any atom is -0.455 e. The molecule has 8 aromatic heterocycles. The Morgan fingerprint density at radius 3 is 0.847 bits per heavy atom. The Kier molecular flexibility index (Phi) is 19.5. The number of furan rings is 4. The third-order valence-corrected chi connectivity index (χ3v) is 26.3. The van der Waals surface area contributed by atoms with Crippen molar-refractivity contribution in [1.82, 2.24) is 0 Å². The van der Waals surface area contributed by atoms with Crippen molar-refractivity contribution >= 4 is 131 Å². The quantitative estimate of drug-likeness (QED) is 0.149.